The molecule has 1 aromatic carbocycles. The second-order valence-electron chi connectivity index (χ2n) is 6.36. The molecule has 3 heterocycles. The fraction of sp³-hybridized carbons (Fsp3) is 0.294. The number of aryl methyl sites for hydroxylation is 1. The Morgan fingerprint density at radius 1 is 1.25 bits per heavy atom. The van der Waals surface area contributed by atoms with Gasteiger partial charge in [-0.1, -0.05) is 34.5 Å². The van der Waals surface area contributed by atoms with Gasteiger partial charge in [0, 0.05) is 11.6 Å². The lowest BCUT2D eigenvalue weighted by Gasteiger charge is -2.22. The Hall–Kier alpha value is -1.23. The number of amides is 1. The van der Waals surface area contributed by atoms with Crippen LogP contribution < -0.4 is 5.32 Å². The summed E-state index contributed by atoms with van der Waals surface area (Å²) in [6.45, 7) is 2.16. The Bertz CT molecular complexity index is 1170. The quantitative estimate of drug-likeness (QED) is 0.589. The predicted octanol–water partition coefficient (Wildman–Crippen LogP) is 4.76. The van der Waals surface area contributed by atoms with Gasteiger partial charge in [-0.15, -0.1) is 11.3 Å². The molecule has 6 nitrogen and oxygen atoms in total. The van der Waals surface area contributed by atoms with Gasteiger partial charge in [0.05, 0.1) is 14.6 Å². The van der Waals surface area contributed by atoms with Crippen LogP contribution in [0.5, 0.6) is 0 Å². The van der Waals surface area contributed by atoms with Crippen molar-refractivity contribution < 1.29 is 13.2 Å². The van der Waals surface area contributed by atoms with E-state index in [0.717, 1.165) is 27.1 Å². The van der Waals surface area contributed by atoms with Gasteiger partial charge in [0.15, 0.2) is 5.13 Å². The van der Waals surface area contributed by atoms with Gasteiger partial charge in [0.2, 0.25) is 5.91 Å². The van der Waals surface area contributed by atoms with E-state index in [9.17, 15) is 13.2 Å². The third-order valence-electron chi connectivity index (χ3n) is 4.60. The summed E-state index contributed by atoms with van der Waals surface area (Å²) in [6, 6.07) is 5.88. The summed E-state index contributed by atoms with van der Waals surface area (Å²) >= 11 is 14.3. The zero-order valence-corrected chi connectivity index (χ0v) is 18.6. The number of carbonyl (C=O) groups excluding carboxylic acids is 1. The number of sulfonamides is 1. The van der Waals surface area contributed by atoms with Crippen molar-refractivity contribution in [1.82, 2.24) is 9.29 Å². The Labute approximate surface area is 180 Å². The highest BCUT2D eigenvalue weighted by Crippen LogP contribution is 2.34. The van der Waals surface area contributed by atoms with Crippen molar-refractivity contribution in [3.05, 3.63) is 39.2 Å². The maximum Gasteiger partial charge on any atom is 0.253 e. The van der Waals surface area contributed by atoms with Crippen LogP contribution in [-0.2, 0) is 14.8 Å². The topological polar surface area (TPSA) is 79.4 Å². The van der Waals surface area contributed by atoms with Crippen LogP contribution in [0.15, 0.2) is 28.5 Å². The monoisotopic (exact) mass is 475 g/mol. The molecule has 0 saturated carbocycles. The van der Waals surface area contributed by atoms with E-state index in [0.29, 0.717) is 33.9 Å². The fourth-order valence-electron chi connectivity index (χ4n) is 3.18. The molecule has 2 aromatic heterocycles. The van der Waals surface area contributed by atoms with E-state index >= 15 is 0 Å². The number of hydrogen-bond donors (Lipinski definition) is 1. The zero-order valence-electron chi connectivity index (χ0n) is 14.6. The van der Waals surface area contributed by atoms with Gasteiger partial charge in [-0.2, -0.15) is 4.31 Å². The average Bonchev–Trinajstić information content (AvgIpc) is 3.37. The number of fused-ring (bicyclic) bond motifs is 1. The number of nitrogens with zero attached hydrogens (tertiary/aromatic N) is 2. The van der Waals surface area contributed by atoms with E-state index in [2.05, 4.69) is 10.3 Å². The van der Waals surface area contributed by atoms with Gasteiger partial charge in [-0.25, -0.2) is 13.4 Å². The van der Waals surface area contributed by atoms with E-state index in [-0.39, 0.29) is 10.1 Å². The summed E-state index contributed by atoms with van der Waals surface area (Å²) in [5, 5.41) is 3.81. The Morgan fingerprint density at radius 2 is 2.04 bits per heavy atom. The molecule has 0 bridgehead atoms. The maximum atomic E-state index is 12.9. The minimum Gasteiger partial charge on any atom is -0.301 e. The number of halogens is 2. The number of benzene rings is 1. The van der Waals surface area contributed by atoms with Gasteiger partial charge in [0.25, 0.3) is 10.0 Å². The molecule has 1 aliphatic rings. The lowest BCUT2D eigenvalue weighted by atomic mass is 10.2. The Balaban J connectivity index is 1.58. The van der Waals surface area contributed by atoms with Crippen molar-refractivity contribution in [2.45, 2.75) is 30.0 Å². The predicted molar refractivity (Wildman–Crippen MR) is 114 cm³/mol. The first-order valence-electron chi connectivity index (χ1n) is 8.41. The number of hydrogen-bond acceptors (Lipinski definition) is 6. The Kier molecular flexibility index (Phi) is 5.41. The lowest BCUT2D eigenvalue weighted by molar-refractivity contribution is -0.119. The van der Waals surface area contributed by atoms with Crippen molar-refractivity contribution >= 4 is 77.2 Å². The minimum absolute atomic E-state index is 0.141. The molecule has 0 spiro atoms. The lowest BCUT2D eigenvalue weighted by Crippen LogP contribution is -2.42. The molecule has 11 heteroatoms. The third kappa shape index (κ3) is 3.55. The van der Waals surface area contributed by atoms with Gasteiger partial charge >= 0.3 is 0 Å². The largest absolute Gasteiger partial charge is 0.301 e. The standard InChI is InChI=1S/C17H15Cl2N3O3S3/c1-9-10(18)4-5-12-15(9)20-17(26-12)21-16(23)11-3-2-8-22(11)28(24,25)14-7-6-13(19)27-14/h4-7,11H,2-3,8H2,1H3,(H,20,21,23). The van der Waals surface area contributed by atoms with E-state index in [1.54, 1.807) is 12.1 Å². The molecular weight excluding hydrogens is 461 g/mol. The van der Waals surface area contributed by atoms with E-state index in [1.165, 1.54) is 21.7 Å². The number of rotatable bonds is 4. The normalized spacial score (nSPS) is 18.0. The molecule has 1 amide bonds. The molecular formula is C17H15Cl2N3O3S3. The van der Waals surface area contributed by atoms with Gasteiger partial charge in [-0.3, -0.25) is 4.79 Å². The number of nitrogens with one attached hydrogen (secondary N) is 1. The van der Waals surface area contributed by atoms with Crippen molar-refractivity contribution in [2.75, 3.05) is 11.9 Å². The van der Waals surface area contributed by atoms with Crippen LogP contribution in [0.1, 0.15) is 18.4 Å². The van der Waals surface area contributed by atoms with Crippen LogP contribution in [-0.4, -0.2) is 36.2 Å². The zero-order chi connectivity index (χ0) is 20.1. The highest BCUT2D eigenvalue weighted by molar-refractivity contribution is 7.91. The van der Waals surface area contributed by atoms with E-state index < -0.39 is 16.1 Å². The van der Waals surface area contributed by atoms with Crippen LogP contribution >= 0.6 is 45.9 Å². The van der Waals surface area contributed by atoms with Crippen LogP contribution in [0.25, 0.3) is 10.2 Å². The molecule has 28 heavy (non-hydrogen) atoms. The summed E-state index contributed by atoms with van der Waals surface area (Å²) in [5.74, 6) is -0.383. The smallest absolute Gasteiger partial charge is 0.253 e. The SMILES string of the molecule is Cc1c(Cl)ccc2sc(NC(=O)C3CCCN3S(=O)(=O)c3ccc(Cl)s3)nc12. The second-order valence-corrected chi connectivity index (χ2v) is 11.6. The number of carbonyl (C=O) groups is 1. The van der Waals surface area contributed by atoms with Crippen LogP contribution in [0.2, 0.25) is 9.36 Å². The summed E-state index contributed by atoms with van der Waals surface area (Å²) in [5.41, 5.74) is 1.58. The summed E-state index contributed by atoms with van der Waals surface area (Å²) < 4.78 is 28.5. The molecule has 1 aliphatic heterocycles. The first kappa shape index (κ1) is 20.1. The van der Waals surface area contributed by atoms with Crippen molar-refractivity contribution in [1.29, 1.82) is 0 Å². The number of thiazole rings is 1. The molecule has 1 unspecified atom stereocenters. The third-order valence-corrected chi connectivity index (χ3v) is 9.55. The maximum absolute atomic E-state index is 12.9. The van der Waals surface area contributed by atoms with Crippen molar-refractivity contribution in [3.63, 3.8) is 0 Å². The fourth-order valence-corrected chi connectivity index (χ4v) is 7.53. The van der Waals surface area contributed by atoms with Crippen molar-refractivity contribution in [3.8, 4) is 0 Å². The number of aromatic nitrogens is 1. The van der Waals surface area contributed by atoms with Crippen LogP contribution in [0, 0.1) is 6.92 Å². The summed E-state index contributed by atoms with van der Waals surface area (Å²) in [4.78, 5) is 17.3. The molecule has 1 saturated heterocycles. The number of anilines is 1. The molecule has 148 valence electrons. The molecule has 1 N–H and O–H groups in total. The first-order valence-corrected chi connectivity index (χ1v) is 12.2. The molecule has 0 radical (unpaired) electrons. The van der Waals surface area contributed by atoms with Crippen LogP contribution in [0.3, 0.4) is 0 Å². The van der Waals surface area contributed by atoms with Gasteiger partial charge in [-0.05, 0) is 49.6 Å². The highest BCUT2D eigenvalue weighted by atomic mass is 35.5. The summed E-state index contributed by atoms with van der Waals surface area (Å²) in [6.07, 6.45) is 1.07. The number of thiophene rings is 1. The molecule has 0 aliphatic carbocycles. The van der Waals surface area contributed by atoms with E-state index in [4.69, 9.17) is 23.2 Å². The molecule has 4 rings (SSSR count). The van der Waals surface area contributed by atoms with Gasteiger partial charge < -0.3 is 5.32 Å². The molecule has 1 atom stereocenters. The van der Waals surface area contributed by atoms with E-state index in [1.807, 2.05) is 13.0 Å². The first-order chi connectivity index (χ1) is 13.3. The molecule has 3 aromatic rings. The van der Waals surface area contributed by atoms with Gasteiger partial charge in [0.1, 0.15) is 10.3 Å². The second kappa shape index (κ2) is 7.55. The average molecular weight is 476 g/mol. The van der Waals surface area contributed by atoms with Crippen molar-refractivity contribution in [2.24, 2.45) is 0 Å². The minimum atomic E-state index is -3.77. The molecule has 1 fully saturated rings. The Morgan fingerprint density at radius 3 is 2.75 bits per heavy atom. The highest BCUT2D eigenvalue weighted by Gasteiger charge is 2.40. The van der Waals surface area contributed by atoms with Crippen LogP contribution in [0.4, 0.5) is 5.13 Å². The summed E-state index contributed by atoms with van der Waals surface area (Å²) in [7, 11) is -3.77.